The van der Waals surface area contributed by atoms with Gasteiger partial charge in [-0.1, -0.05) is 23.2 Å². The maximum atomic E-state index is 12.8. The number of sulfonamides is 1. The Labute approximate surface area is 303 Å². The number of nitriles is 1. The summed E-state index contributed by atoms with van der Waals surface area (Å²) in [6, 6.07) is 7.39. The van der Waals surface area contributed by atoms with Gasteiger partial charge in [0, 0.05) is 0 Å². The summed E-state index contributed by atoms with van der Waals surface area (Å²) in [5, 5.41) is 31.3. The molecule has 0 spiro atoms. The molecule has 0 amide bonds. The van der Waals surface area contributed by atoms with Crippen LogP contribution < -0.4 is 20.6 Å². The number of aliphatic carboxylic acids is 1. The fourth-order valence-corrected chi connectivity index (χ4v) is 5.49. The van der Waals surface area contributed by atoms with Crippen LogP contribution in [0.3, 0.4) is 0 Å². The van der Waals surface area contributed by atoms with Crippen molar-refractivity contribution in [2.45, 2.75) is 13.5 Å². The molecule has 1 aromatic heterocycles. The zero-order valence-electron chi connectivity index (χ0n) is 25.4. The molecule has 268 valence electrons. The summed E-state index contributed by atoms with van der Waals surface area (Å²) >= 11 is 18.1. The SMILES string of the molecule is C[S+](C)C.Cc1nn(-c2cc(NS(C)(=O)=O)c(Cl)cc2Cl)c(=O)n1C(F)F.N#Cc1cc(Br)c(O)c(Br)c1.O=C(O)CNCP(=O)([O-])O. The number of phenols is 1. The summed E-state index contributed by atoms with van der Waals surface area (Å²) in [6.07, 6.45) is 6.78. The van der Waals surface area contributed by atoms with Gasteiger partial charge in [-0.15, -0.1) is 5.10 Å². The number of hydrogen-bond donors (Lipinski definition) is 5. The van der Waals surface area contributed by atoms with E-state index >= 15 is 0 Å². The molecule has 0 saturated carbocycles. The van der Waals surface area contributed by atoms with Crippen molar-refractivity contribution < 1.29 is 46.6 Å². The van der Waals surface area contributed by atoms with Crippen LogP contribution >= 0.6 is 62.7 Å². The average Bonchev–Trinajstić information content (AvgIpc) is 3.20. The minimum Gasteiger partial charge on any atom is -0.778 e. The second kappa shape index (κ2) is 20.4. The predicted octanol–water partition coefficient (Wildman–Crippen LogP) is 3.86. The summed E-state index contributed by atoms with van der Waals surface area (Å²) in [6.45, 7) is -2.33. The molecule has 48 heavy (non-hydrogen) atoms. The van der Waals surface area contributed by atoms with E-state index in [1.807, 2.05) is 11.4 Å². The molecule has 0 fully saturated rings. The smallest absolute Gasteiger partial charge is 0.355 e. The summed E-state index contributed by atoms with van der Waals surface area (Å²) in [5.74, 6) is -1.29. The lowest BCUT2D eigenvalue weighted by atomic mass is 10.2. The standard InChI is InChI=1S/C11H10Cl2F2N4O3S.C7H3Br2NO.C3H8NO5P.C3H9S/c1-5-16-19(11(20)18(5)10(14)15)9-4-8(17-23(2,21)22)6(12)3-7(9)13;8-5-1-4(3-10)2-6(9)7(5)11;5-3(6)1-4-2-10(7,8)9;1-4(2)3/h3-4,10,17H,1-2H3;1-2,11H;4H,1-2H2,(H,5,6)(H2,7,8,9);1-3H3/q;;;+1/p-1. The number of benzene rings is 2. The molecule has 15 nitrogen and oxygen atoms in total. The van der Waals surface area contributed by atoms with Crippen LogP contribution in [0, 0.1) is 18.3 Å². The molecular weight excluding hydrogens is 880 g/mol. The van der Waals surface area contributed by atoms with Crippen molar-refractivity contribution in [1.29, 1.82) is 5.26 Å². The number of hydrogen-bond acceptors (Lipinski definition) is 10. The van der Waals surface area contributed by atoms with Gasteiger partial charge >= 0.3 is 18.2 Å². The summed E-state index contributed by atoms with van der Waals surface area (Å²) in [7, 11) is -7.36. The highest BCUT2D eigenvalue weighted by Crippen LogP contribution is 2.33. The Balaban J connectivity index is 0.000000734. The van der Waals surface area contributed by atoms with E-state index < -0.39 is 48.7 Å². The van der Waals surface area contributed by atoms with Gasteiger partial charge < -0.3 is 24.6 Å². The topological polar surface area (TPSA) is 240 Å². The molecule has 2 aromatic carbocycles. The number of aryl methyl sites for hydroxylation is 1. The molecule has 1 heterocycles. The zero-order valence-corrected chi connectivity index (χ0v) is 32.6. The van der Waals surface area contributed by atoms with Crippen LogP contribution in [0.15, 0.2) is 38.0 Å². The lowest BCUT2D eigenvalue weighted by molar-refractivity contribution is -0.193. The van der Waals surface area contributed by atoms with Crippen molar-refractivity contribution in [3.63, 3.8) is 0 Å². The molecule has 3 rings (SSSR count). The maximum Gasteiger partial charge on any atom is 0.355 e. The highest BCUT2D eigenvalue weighted by molar-refractivity contribution is 9.11. The van der Waals surface area contributed by atoms with Crippen molar-refractivity contribution in [3.05, 3.63) is 65.1 Å². The first-order valence-electron chi connectivity index (χ1n) is 12.3. The number of nitrogens with one attached hydrogen (secondary N) is 2. The normalized spacial score (nSPS) is 12.0. The lowest BCUT2D eigenvalue weighted by Gasteiger charge is -2.14. The van der Waals surface area contributed by atoms with E-state index in [0.717, 1.165) is 12.3 Å². The van der Waals surface area contributed by atoms with Crippen LogP contribution in [0.25, 0.3) is 5.69 Å². The fourth-order valence-electron chi connectivity index (χ4n) is 2.77. The summed E-state index contributed by atoms with van der Waals surface area (Å²) in [4.78, 5) is 39.8. The predicted molar refractivity (Wildman–Crippen MR) is 186 cm³/mol. The number of rotatable bonds is 8. The van der Waals surface area contributed by atoms with E-state index in [1.165, 1.54) is 13.0 Å². The van der Waals surface area contributed by atoms with E-state index in [2.05, 4.69) is 60.4 Å². The third-order valence-electron chi connectivity index (χ3n) is 4.47. The van der Waals surface area contributed by atoms with Crippen LogP contribution in [-0.4, -0.2) is 81.7 Å². The second-order valence-corrected chi connectivity index (χ2v) is 17.6. The van der Waals surface area contributed by atoms with Crippen LogP contribution in [0.4, 0.5) is 14.5 Å². The fraction of sp³-hybridized carbons (Fsp3) is 0.333. The van der Waals surface area contributed by atoms with E-state index in [0.29, 0.717) is 30.1 Å². The molecule has 1 unspecified atom stereocenters. The Morgan fingerprint density at radius 2 is 1.69 bits per heavy atom. The number of anilines is 1. The molecule has 0 aliphatic carbocycles. The highest BCUT2D eigenvalue weighted by atomic mass is 79.9. The van der Waals surface area contributed by atoms with Gasteiger partial charge in [0.25, 0.3) is 0 Å². The summed E-state index contributed by atoms with van der Waals surface area (Å²) in [5.41, 5.74) is -0.770. The Bertz CT molecular complexity index is 1810. The van der Waals surface area contributed by atoms with Gasteiger partial charge in [-0.3, -0.25) is 14.8 Å². The number of carbonyl (C=O) groups is 1. The van der Waals surface area contributed by atoms with Gasteiger partial charge in [0.15, 0.2) is 0 Å². The van der Waals surface area contributed by atoms with Crippen LogP contribution in [-0.2, 0) is 30.3 Å². The van der Waals surface area contributed by atoms with Crippen LogP contribution in [0.2, 0.25) is 10.0 Å². The maximum absolute atomic E-state index is 12.8. The van der Waals surface area contributed by atoms with E-state index in [4.69, 9.17) is 38.5 Å². The largest absolute Gasteiger partial charge is 0.778 e. The van der Waals surface area contributed by atoms with E-state index in [-0.39, 0.29) is 37.6 Å². The number of halogens is 6. The van der Waals surface area contributed by atoms with Gasteiger partial charge in [-0.05, 0) is 73.9 Å². The zero-order chi connectivity index (χ0) is 37.7. The molecule has 24 heteroatoms. The second-order valence-electron chi connectivity index (χ2n) is 9.29. The van der Waals surface area contributed by atoms with Crippen molar-refractivity contribution in [1.82, 2.24) is 19.7 Å². The van der Waals surface area contributed by atoms with Crippen molar-refractivity contribution >= 4 is 95.2 Å². The molecule has 0 aliphatic heterocycles. The Kier molecular flexibility index (Phi) is 19.5. The number of aromatic hydroxyl groups is 1. The number of nitrogens with zero attached hydrogens (tertiary/aromatic N) is 4. The molecular formula is C24H29Br2Cl2F2N6O9PS2. The van der Waals surface area contributed by atoms with E-state index in [1.54, 1.807) is 12.1 Å². The quantitative estimate of drug-likeness (QED) is 0.160. The highest BCUT2D eigenvalue weighted by Gasteiger charge is 2.21. The first-order valence-corrected chi connectivity index (χ1v) is 20.7. The third kappa shape index (κ3) is 17.4. The van der Waals surface area contributed by atoms with Crippen LogP contribution in [0.5, 0.6) is 5.75 Å². The molecule has 3 aromatic rings. The number of phenolic OH excluding ortho intramolecular Hbond substituents is 1. The monoisotopic (exact) mass is 906 g/mol. The number of carboxylic acid groups (broad SMARTS) is 1. The molecule has 5 N–H and O–H groups in total. The van der Waals surface area contributed by atoms with Gasteiger partial charge in [0.05, 0.1) is 79.9 Å². The minimum absolute atomic E-state index is 0.0257. The van der Waals surface area contributed by atoms with E-state index in [9.17, 15) is 41.4 Å². The number of carboxylic acids is 1. The molecule has 1 atom stereocenters. The average molecular weight is 909 g/mol. The first kappa shape index (κ1) is 45.8. The van der Waals surface area contributed by atoms with Gasteiger partial charge in [0.1, 0.15) is 19.2 Å². The Hall–Kier alpha value is -2.25. The van der Waals surface area contributed by atoms with Crippen molar-refractivity contribution in [2.24, 2.45) is 0 Å². The lowest BCUT2D eigenvalue weighted by Crippen LogP contribution is -2.25. The molecule has 0 saturated heterocycles. The third-order valence-corrected chi connectivity index (χ3v) is 7.51. The van der Waals surface area contributed by atoms with Gasteiger partial charge in [0.2, 0.25) is 10.0 Å². The Morgan fingerprint density at radius 3 is 2.06 bits per heavy atom. The minimum atomic E-state index is -4.35. The number of aromatic nitrogens is 3. The first-order chi connectivity index (χ1) is 21.8. The Morgan fingerprint density at radius 1 is 1.19 bits per heavy atom. The van der Waals surface area contributed by atoms with Crippen molar-refractivity contribution in [2.75, 3.05) is 42.6 Å². The van der Waals surface area contributed by atoms with Gasteiger partial charge in [-0.25, -0.2) is 17.8 Å². The van der Waals surface area contributed by atoms with Gasteiger partial charge in [-0.2, -0.15) is 18.7 Å². The number of alkyl halides is 2. The van der Waals surface area contributed by atoms with Crippen LogP contribution in [0.1, 0.15) is 17.9 Å². The summed E-state index contributed by atoms with van der Waals surface area (Å²) < 4.78 is 62.2. The molecule has 0 bridgehead atoms. The van der Waals surface area contributed by atoms with Crippen molar-refractivity contribution in [3.8, 4) is 17.5 Å². The molecule has 0 radical (unpaired) electrons. The molecule has 0 aliphatic rings.